The lowest BCUT2D eigenvalue weighted by molar-refractivity contribution is -0.114. The van der Waals surface area contributed by atoms with E-state index >= 15 is 0 Å². The van der Waals surface area contributed by atoms with Gasteiger partial charge >= 0.3 is 0 Å². The van der Waals surface area contributed by atoms with Crippen molar-refractivity contribution in [1.82, 2.24) is 10.2 Å². The first-order valence-corrected chi connectivity index (χ1v) is 5.40. The van der Waals surface area contributed by atoms with Gasteiger partial charge in [-0.05, 0) is 12.6 Å². The zero-order chi connectivity index (χ0) is 12.5. The summed E-state index contributed by atoms with van der Waals surface area (Å²) >= 11 is 0. The lowest BCUT2D eigenvalue weighted by Crippen LogP contribution is -2.33. The summed E-state index contributed by atoms with van der Waals surface area (Å²) in [4.78, 5) is 13.0. The van der Waals surface area contributed by atoms with Crippen molar-refractivity contribution in [3.8, 4) is 0 Å². The molecular weight excluding hydrogens is 218 g/mol. The number of amides is 1. The smallest absolute Gasteiger partial charge is 0.265 e. The van der Waals surface area contributed by atoms with Gasteiger partial charge in [-0.2, -0.15) is 0 Å². The molecule has 0 aliphatic heterocycles. The van der Waals surface area contributed by atoms with Crippen LogP contribution in [-0.4, -0.2) is 42.4 Å². The summed E-state index contributed by atoms with van der Waals surface area (Å²) in [6, 6.07) is 10.1. The van der Waals surface area contributed by atoms with Gasteiger partial charge in [-0.1, -0.05) is 35.5 Å². The number of hydrogen-bond donors (Lipinski definition) is 2. The van der Waals surface area contributed by atoms with E-state index < -0.39 is 0 Å². The molecule has 0 spiro atoms. The van der Waals surface area contributed by atoms with Crippen molar-refractivity contribution in [2.45, 2.75) is 6.54 Å². The molecule has 0 unspecified atom stereocenters. The van der Waals surface area contributed by atoms with E-state index in [4.69, 9.17) is 5.21 Å². The molecule has 0 saturated heterocycles. The Balaban J connectivity index is 2.22. The van der Waals surface area contributed by atoms with Crippen LogP contribution < -0.4 is 5.32 Å². The Hall–Kier alpha value is -1.88. The molecule has 0 saturated carbocycles. The maximum absolute atomic E-state index is 10.9. The average molecular weight is 235 g/mol. The summed E-state index contributed by atoms with van der Waals surface area (Å²) in [5.41, 5.74) is 1.23. The van der Waals surface area contributed by atoms with E-state index in [0.717, 1.165) is 19.3 Å². The summed E-state index contributed by atoms with van der Waals surface area (Å²) in [6.45, 7) is 2.10. The molecule has 0 aromatic heterocycles. The molecule has 0 aliphatic rings. The van der Waals surface area contributed by atoms with Gasteiger partial charge < -0.3 is 15.4 Å². The second-order valence-corrected chi connectivity index (χ2v) is 3.76. The third kappa shape index (κ3) is 5.67. The van der Waals surface area contributed by atoms with E-state index in [1.165, 1.54) is 5.56 Å². The number of nitrogens with one attached hydrogen (secondary N) is 1. The molecule has 1 aromatic carbocycles. The number of likely N-dealkylation sites (N-methyl/N-ethyl adjacent to an activating group) is 1. The Bertz CT molecular complexity index is 365. The van der Waals surface area contributed by atoms with Gasteiger partial charge in [0.1, 0.15) is 6.21 Å². The number of oxime groups is 1. The fourth-order valence-corrected chi connectivity index (χ4v) is 1.44. The van der Waals surface area contributed by atoms with Gasteiger partial charge in [-0.15, -0.1) is 0 Å². The molecule has 1 rings (SSSR count). The number of hydrogen-bond acceptors (Lipinski definition) is 4. The molecule has 5 heteroatoms. The first-order chi connectivity index (χ1) is 8.22. The summed E-state index contributed by atoms with van der Waals surface area (Å²) in [6.07, 6.45) is 0.844. The number of rotatable bonds is 6. The minimum Gasteiger partial charge on any atom is -0.411 e. The summed E-state index contributed by atoms with van der Waals surface area (Å²) in [5, 5.41) is 13.4. The van der Waals surface area contributed by atoms with Crippen LogP contribution in [0.25, 0.3) is 0 Å². The van der Waals surface area contributed by atoms with Crippen molar-refractivity contribution in [2.24, 2.45) is 5.16 Å². The van der Waals surface area contributed by atoms with Gasteiger partial charge in [0, 0.05) is 19.6 Å². The van der Waals surface area contributed by atoms with Crippen molar-refractivity contribution in [2.75, 3.05) is 20.1 Å². The molecule has 0 aliphatic carbocycles. The minimum atomic E-state index is -0.388. The molecule has 2 N–H and O–H groups in total. The van der Waals surface area contributed by atoms with Crippen molar-refractivity contribution in [3.05, 3.63) is 35.9 Å². The van der Waals surface area contributed by atoms with Crippen LogP contribution in [0.4, 0.5) is 0 Å². The van der Waals surface area contributed by atoms with E-state index in [1.807, 2.05) is 25.2 Å². The third-order valence-electron chi connectivity index (χ3n) is 2.26. The van der Waals surface area contributed by atoms with Gasteiger partial charge in [-0.25, -0.2) is 0 Å². The summed E-state index contributed by atoms with van der Waals surface area (Å²) < 4.78 is 0. The first kappa shape index (κ1) is 13.2. The summed E-state index contributed by atoms with van der Waals surface area (Å²) in [7, 11) is 1.99. The topological polar surface area (TPSA) is 64.9 Å². The maximum Gasteiger partial charge on any atom is 0.265 e. The zero-order valence-corrected chi connectivity index (χ0v) is 9.84. The highest BCUT2D eigenvalue weighted by molar-refractivity contribution is 6.25. The molecule has 1 aromatic rings. The van der Waals surface area contributed by atoms with Crippen LogP contribution in [0, 0.1) is 0 Å². The Labute approximate surface area is 101 Å². The van der Waals surface area contributed by atoms with Crippen molar-refractivity contribution < 1.29 is 10.0 Å². The third-order valence-corrected chi connectivity index (χ3v) is 2.26. The Morgan fingerprint density at radius 1 is 1.47 bits per heavy atom. The largest absolute Gasteiger partial charge is 0.411 e. The second-order valence-electron chi connectivity index (χ2n) is 3.76. The maximum atomic E-state index is 10.9. The molecule has 5 nitrogen and oxygen atoms in total. The lowest BCUT2D eigenvalue weighted by Gasteiger charge is -2.16. The SMILES string of the molecule is CN(CCNC(=O)/C=N\O)Cc1ccccc1. The van der Waals surface area contributed by atoms with E-state index in [2.05, 4.69) is 27.5 Å². The predicted molar refractivity (Wildman–Crippen MR) is 66.1 cm³/mol. The highest BCUT2D eigenvalue weighted by Gasteiger charge is 2.01. The second kappa shape index (κ2) is 7.40. The number of nitrogens with zero attached hydrogens (tertiary/aromatic N) is 2. The fourth-order valence-electron chi connectivity index (χ4n) is 1.44. The zero-order valence-electron chi connectivity index (χ0n) is 9.84. The van der Waals surface area contributed by atoms with Gasteiger partial charge in [0.15, 0.2) is 0 Å². The van der Waals surface area contributed by atoms with Crippen molar-refractivity contribution in [3.63, 3.8) is 0 Å². The van der Waals surface area contributed by atoms with Crippen LogP contribution in [0.3, 0.4) is 0 Å². The average Bonchev–Trinajstić information content (AvgIpc) is 2.30. The van der Waals surface area contributed by atoms with Crippen molar-refractivity contribution >= 4 is 12.1 Å². The van der Waals surface area contributed by atoms with Gasteiger partial charge in [-0.3, -0.25) is 4.79 Å². The van der Waals surface area contributed by atoms with Gasteiger partial charge in [0.2, 0.25) is 0 Å². The monoisotopic (exact) mass is 235 g/mol. The van der Waals surface area contributed by atoms with Crippen molar-refractivity contribution in [1.29, 1.82) is 0 Å². The molecule has 0 bridgehead atoms. The van der Waals surface area contributed by atoms with E-state index in [9.17, 15) is 4.79 Å². The number of carbonyl (C=O) groups excluding carboxylic acids is 1. The van der Waals surface area contributed by atoms with Crippen LogP contribution in [-0.2, 0) is 11.3 Å². The molecule has 0 radical (unpaired) electrons. The fraction of sp³-hybridized carbons (Fsp3) is 0.333. The Kier molecular flexibility index (Phi) is 5.74. The van der Waals surface area contributed by atoms with Crippen LogP contribution in [0.15, 0.2) is 35.5 Å². The van der Waals surface area contributed by atoms with Crippen LogP contribution in [0.1, 0.15) is 5.56 Å². The number of benzene rings is 1. The molecule has 1 amide bonds. The van der Waals surface area contributed by atoms with Crippen LogP contribution >= 0.6 is 0 Å². The predicted octanol–water partition coefficient (Wildman–Crippen LogP) is 0.695. The standard InChI is InChI=1S/C12H17N3O2/c1-15(8-7-13-12(16)9-14-17)10-11-5-3-2-4-6-11/h2-6,9,17H,7-8,10H2,1H3,(H,13,16)/b14-9-. The Morgan fingerprint density at radius 3 is 2.82 bits per heavy atom. The Morgan fingerprint density at radius 2 is 2.18 bits per heavy atom. The first-order valence-electron chi connectivity index (χ1n) is 5.40. The normalized spacial score (nSPS) is 10.9. The highest BCUT2D eigenvalue weighted by Crippen LogP contribution is 2.01. The van der Waals surface area contributed by atoms with Gasteiger partial charge in [0.05, 0.1) is 0 Å². The molecule has 17 heavy (non-hydrogen) atoms. The van der Waals surface area contributed by atoms with E-state index in [-0.39, 0.29) is 5.91 Å². The summed E-state index contributed by atoms with van der Waals surface area (Å²) in [5.74, 6) is -0.388. The molecule has 0 heterocycles. The quantitative estimate of drug-likeness (QED) is 0.433. The lowest BCUT2D eigenvalue weighted by atomic mass is 10.2. The highest BCUT2D eigenvalue weighted by atomic mass is 16.4. The van der Waals surface area contributed by atoms with E-state index in [0.29, 0.717) is 6.54 Å². The minimum absolute atomic E-state index is 0.388. The van der Waals surface area contributed by atoms with Gasteiger partial charge in [0.25, 0.3) is 5.91 Å². The van der Waals surface area contributed by atoms with E-state index in [1.54, 1.807) is 0 Å². The van der Waals surface area contributed by atoms with Crippen LogP contribution in [0.5, 0.6) is 0 Å². The van der Waals surface area contributed by atoms with Crippen LogP contribution in [0.2, 0.25) is 0 Å². The molecular formula is C12H17N3O2. The molecule has 0 atom stereocenters. The molecule has 92 valence electrons. The number of carbonyl (C=O) groups is 1. The molecule has 0 fully saturated rings.